The van der Waals surface area contributed by atoms with Crippen LogP contribution in [0.1, 0.15) is 44.0 Å². The van der Waals surface area contributed by atoms with E-state index < -0.39 is 5.91 Å². The van der Waals surface area contributed by atoms with Crippen LogP contribution < -0.4 is 16.8 Å². The lowest BCUT2D eigenvalue weighted by Crippen LogP contribution is -2.51. The number of carbonyl (C=O) groups excluding carboxylic acids is 1. The molecule has 0 spiro atoms. The largest absolute Gasteiger partial charge is 0.379 e. The minimum absolute atomic E-state index is 0.102. The second-order valence-corrected chi connectivity index (χ2v) is 7.01. The summed E-state index contributed by atoms with van der Waals surface area (Å²) < 4.78 is 1.73. The molecule has 2 atom stereocenters. The number of primary amides is 1. The number of carbonyl (C=O) groups is 1. The number of aromatic nitrogens is 2. The van der Waals surface area contributed by atoms with Gasteiger partial charge < -0.3 is 16.8 Å². The Morgan fingerprint density at radius 1 is 1.45 bits per heavy atom. The van der Waals surface area contributed by atoms with Crippen molar-refractivity contribution in [3.63, 3.8) is 0 Å². The number of hydrogen-bond donors (Lipinski definition) is 3. The van der Waals surface area contributed by atoms with Gasteiger partial charge in [0.1, 0.15) is 0 Å². The predicted octanol–water partition coefficient (Wildman–Crippen LogP) is 1.75. The Labute approximate surface area is 129 Å². The Morgan fingerprint density at radius 2 is 2.18 bits per heavy atom. The van der Waals surface area contributed by atoms with Crippen molar-refractivity contribution in [2.24, 2.45) is 16.9 Å². The molecule has 0 saturated heterocycles. The third-order valence-corrected chi connectivity index (χ3v) is 5.44. The lowest BCUT2D eigenvalue weighted by Gasteiger charge is -2.39. The summed E-state index contributed by atoms with van der Waals surface area (Å²) in [5, 5.41) is 7.74. The molecule has 2 heterocycles. The Hall–Kier alpha value is -2.08. The molecule has 22 heavy (non-hydrogen) atoms. The topological polar surface area (TPSA) is 98.4 Å². The molecule has 1 saturated carbocycles. The van der Waals surface area contributed by atoms with Crippen LogP contribution in [-0.2, 0) is 0 Å². The SMILES string of the molecule is CC1(C)[C@@H](Nc2c(C(N)=O)cnn3cccc23)CC[C@@]1(C)N. The maximum absolute atomic E-state index is 11.8. The van der Waals surface area contributed by atoms with Crippen molar-refractivity contribution in [3.8, 4) is 0 Å². The van der Waals surface area contributed by atoms with E-state index in [0.717, 1.165) is 24.0 Å². The first-order chi connectivity index (χ1) is 10.2. The van der Waals surface area contributed by atoms with E-state index in [1.54, 1.807) is 4.52 Å². The van der Waals surface area contributed by atoms with Gasteiger partial charge in [-0.25, -0.2) is 4.52 Å². The van der Waals surface area contributed by atoms with Gasteiger partial charge in [0.2, 0.25) is 0 Å². The number of anilines is 1. The second-order valence-electron chi connectivity index (χ2n) is 7.01. The first kappa shape index (κ1) is 14.8. The third kappa shape index (κ3) is 2.06. The third-order valence-electron chi connectivity index (χ3n) is 5.44. The monoisotopic (exact) mass is 301 g/mol. The van der Waals surface area contributed by atoms with E-state index in [1.165, 1.54) is 6.20 Å². The molecule has 3 rings (SSSR count). The lowest BCUT2D eigenvalue weighted by molar-refractivity contribution is 0.100. The van der Waals surface area contributed by atoms with Gasteiger partial charge in [-0.05, 0) is 31.9 Å². The number of nitrogens with one attached hydrogen (secondary N) is 1. The van der Waals surface area contributed by atoms with E-state index in [2.05, 4.69) is 31.2 Å². The van der Waals surface area contributed by atoms with E-state index in [9.17, 15) is 4.79 Å². The van der Waals surface area contributed by atoms with Crippen LogP contribution in [0.25, 0.3) is 5.52 Å². The van der Waals surface area contributed by atoms with Crippen LogP contribution in [0, 0.1) is 5.41 Å². The zero-order valence-electron chi connectivity index (χ0n) is 13.3. The molecule has 118 valence electrons. The van der Waals surface area contributed by atoms with Crippen molar-refractivity contribution < 1.29 is 4.79 Å². The standard InChI is InChI=1S/C16H23N5O/c1-15(2)12(6-7-16(15,3)18)20-13-10(14(17)22)9-19-21-8-4-5-11(13)21/h4-5,8-9,12,20H,6-7,18H2,1-3H3,(H2,17,22)/t12-,16+/m0/s1. The van der Waals surface area contributed by atoms with Crippen LogP contribution in [0.3, 0.4) is 0 Å². The van der Waals surface area contributed by atoms with Gasteiger partial charge in [-0.2, -0.15) is 5.10 Å². The smallest absolute Gasteiger partial charge is 0.252 e. The first-order valence-corrected chi connectivity index (χ1v) is 7.55. The van der Waals surface area contributed by atoms with Crippen LogP contribution in [0.4, 0.5) is 5.69 Å². The quantitative estimate of drug-likeness (QED) is 0.804. The molecular weight excluding hydrogens is 278 g/mol. The first-order valence-electron chi connectivity index (χ1n) is 7.55. The predicted molar refractivity (Wildman–Crippen MR) is 86.7 cm³/mol. The van der Waals surface area contributed by atoms with Crippen molar-refractivity contribution in [1.29, 1.82) is 0 Å². The normalized spacial score (nSPS) is 27.2. The Kier molecular flexibility index (Phi) is 3.18. The number of nitrogens with two attached hydrogens (primary N) is 2. The minimum Gasteiger partial charge on any atom is -0.379 e. The average Bonchev–Trinajstić information content (AvgIpc) is 2.97. The van der Waals surface area contributed by atoms with Gasteiger partial charge in [0.15, 0.2) is 0 Å². The Bertz CT molecular complexity index is 731. The summed E-state index contributed by atoms with van der Waals surface area (Å²) >= 11 is 0. The summed E-state index contributed by atoms with van der Waals surface area (Å²) in [6.07, 6.45) is 5.25. The van der Waals surface area contributed by atoms with Crippen molar-refractivity contribution >= 4 is 17.1 Å². The van der Waals surface area contributed by atoms with E-state index in [-0.39, 0.29) is 17.0 Å². The second kappa shape index (κ2) is 4.71. The molecule has 2 aromatic rings. The fourth-order valence-electron chi connectivity index (χ4n) is 3.28. The van der Waals surface area contributed by atoms with Gasteiger partial charge in [-0.15, -0.1) is 0 Å². The molecule has 6 heteroatoms. The van der Waals surface area contributed by atoms with Gasteiger partial charge in [-0.3, -0.25) is 4.79 Å². The maximum atomic E-state index is 11.8. The van der Waals surface area contributed by atoms with Crippen LogP contribution in [-0.4, -0.2) is 27.1 Å². The molecule has 0 aliphatic heterocycles. The average molecular weight is 301 g/mol. The molecule has 0 radical (unpaired) electrons. The molecule has 1 aliphatic rings. The summed E-state index contributed by atoms with van der Waals surface area (Å²) in [5.41, 5.74) is 13.6. The van der Waals surface area contributed by atoms with Crippen LogP contribution in [0.15, 0.2) is 24.5 Å². The van der Waals surface area contributed by atoms with Crippen LogP contribution in [0.2, 0.25) is 0 Å². The highest BCUT2D eigenvalue weighted by Crippen LogP contribution is 2.46. The zero-order chi connectivity index (χ0) is 16.1. The molecule has 0 aromatic carbocycles. The fraction of sp³-hybridized carbons (Fsp3) is 0.500. The summed E-state index contributed by atoms with van der Waals surface area (Å²) in [5.74, 6) is -0.481. The number of fused-ring (bicyclic) bond motifs is 1. The number of amides is 1. The van der Waals surface area contributed by atoms with Crippen molar-refractivity contribution in [2.75, 3.05) is 5.32 Å². The fourth-order valence-corrected chi connectivity index (χ4v) is 3.28. The van der Waals surface area contributed by atoms with E-state index in [0.29, 0.717) is 5.56 Å². The summed E-state index contributed by atoms with van der Waals surface area (Å²) in [6.45, 7) is 6.42. The number of hydrogen-bond acceptors (Lipinski definition) is 4. The maximum Gasteiger partial charge on any atom is 0.252 e. The minimum atomic E-state index is -0.481. The zero-order valence-corrected chi connectivity index (χ0v) is 13.3. The van der Waals surface area contributed by atoms with E-state index in [4.69, 9.17) is 11.5 Å². The summed E-state index contributed by atoms with van der Waals surface area (Å²) in [4.78, 5) is 11.8. The molecule has 5 N–H and O–H groups in total. The van der Waals surface area contributed by atoms with Gasteiger partial charge in [0.25, 0.3) is 5.91 Å². The van der Waals surface area contributed by atoms with Crippen LogP contribution >= 0.6 is 0 Å². The molecule has 1 fully saturated rings. The van der Waals surface area contributed by atoms with Gasteiger partial charge in [-0.1, -0.05) is 13.8 Å². The highest BCUT2D eigenvalue weighted by molar-refractivity contribution is 6.01. The number of nitrogens with zero attached hydrogens (tertiary/aromatic N) is 2. The molecule has 1 aliphatic carbocycles. The van der Waals surface area contributed by atoms with Crippen molar-refractivity contribution in [1.82, 2.24) is 9.61 Å². The van der Waals surface area contributed by atoms with Crippen molar-refractivity contribution in [2.45, 2.75) is 45.2 Å². The number of rotatable bonds is 3. The van der Waals surface area contributed by atoms with Gasteiger partial charge in [0, 0.05) is 23.2 Å². The summed E-state index contributed by atoms with van der Waals surface area (Å²) in [6, 6.07) is 3.98. The van der Waals surface area contributed by atoms with Gasteiger partial charge >= 0.3 is 0 Å². The lowest BCUT2D eigenvalue weighted by atomic mass is 9.75. The van der Waals surface area contributed by atoms with E-state index in [1.807, 2.05) is 18.3 Å². The molecule has 0 bridgehead atoms. The Morgan fingerprint density at radius 3 is 2.77 bits per heavy atom. The van der Waals surface area contributed by atoms with Crippen molar-refractivity contribution in [3.05, 3.63) is 30.1 Å². The Balaban J connectivity index is 2.05. The highest BCUT2D eigenvalue weighted by atomic mass is 16.1. The molecule has 6 nitrogen and oxygen atoms in total. The highest BCUT2D eigenvalue weighted by Gasteiger charge is 2.49. The molecule has 1 amide bonds. The molecular formula is C16H23N5O. The van der Waals surface area contributed by atoms with E-state index >= 15 is 0 Å². The van der Waals surface area contributed by atoms with Crippen LogP contribution in [0.5, 0.6) is 0 Å². The molecule has 2 aromatic heterocycles. The van der Waals surface area contributed by atoms with Gasteiger partial charge in [0.05, 0.1) is 23.0 Å². The summed E-state index contributed by atoms with van der Waals surface area (Å²) in [7, 11) is 0. The molecule has 0 unspecified atom stereocenters.